The van der Waals surface area contributed by atoms with Gasteiger partial charge in [0.2, 0.25) is 0 Å². The summed E-state index contributed by atoms with van der Waals surface area (Å²) in [7, 11) is 0. The summed E-state index contributed by atoms with van der Waals surface area (Å²) in [5.41, 5.74) is 1.55. The number of hydrogen-bond acceptors (Lipinski definition) is 5. The van der Waals surface area contributed by atoms with Crippen molar-refractivity contribution in [3.05, 3.63) is 57.4 Å². The maximum atomic E-state index is 12.5. The van der Waals surface area contributed by atoms with Crippen molar-refractivity contribution in [3.8, 4) is 0 Å². The summed E-state index contributed by atoms with van der Waals surface area (Å²) in [6, 6.07) is 3.61. The minimum absolute atomic E-state index is 0.0470. The molecule has 126 valence electrons. The van der Waals surface area contributed by atoms with Gasteiger partial charge in [0.25, 0.3) is 5.91 Å². The van der Waals surface area contributed by atoms with Crippen LogP contribution in [0.1, 0.15) is 46.0 Å². The zero-order valence-corrected chi connectivity index (χ0v) is 13.9. The van der Waals surface area contributed by atoms with Crippen LogP contribution in [0.3, 0.4) is 0 Å². The van der Waals surface area contributed by atoms with Crippen LogP contribution in [-0.4, -0.2) is 24.0 Å². The zero-order chi connectivity index (χ0) is 17.1. The lowest BCUT2D eigenvalue weighted by Crippen LogP contribution is -2.30. The molecule has 2 N–H and O–H groups in total. The molecule has 1 aliphatic heterocycles. The normalized spacial score (nSPS) is 17.5. The van der Waals surface area contributed by atoms with Gasteiger partial charge in [0.05, 0.1) is 11.9 Å². The van der Waals surface area contributed by atoms with E-state index in [0.29, 0.717) is 17.0 Å². The number of pyridine rings is 1. The second-order valence-electron chi connectivity index (χ2n) is 6.18. The molecule has 3 rings (SSSR count). The molecule has 0 bridgehead atoms. The standard InChI is InChI=1S/C18H21N3O3/c1-11-5-7-20-10-14(11)21-17(22)16-12(2)8-15(24-18(16)23)13-4-3-6-19-9-13/h5,7-8,10,13,19H,3-4,6,9H2,1-2H3,(H,21,22). The van der Waals surface area contributed by atoms with E-state index in [1.807, 2.05) is 13.0 Å². The lowest BCUT2D eigenvalue weighted by molar-refractivity contribution is 0.102. The highest BCUT2D eigenvalue weighted by Crippen LogP contribution is 2.24. The number of aryl methyl sites for hydroxylation is 2. The van der Waals surface area contributed by atoms with Gasteiger partial charge in [0.15, 0.2) is 0 Å². The molecular weight excluding hydrogens is 306 g/mol. The molecule has 0 aliphatic carbocycles. The van der Waals surface area contributed by atoms with E-state index in [9.17, 15) is 9.59 Å². The monoisotopic (exact) mass is 327 g/mol. The Bertz CT molecular complexity index is 807. The quantitative estimate of drug-likeness (QED) is 0.904. The molecule has 0 aromatic carbocycles. The van der Waals surface area contributed by atoms with Gasteiger partial charge in [-0.1, -0.05) is 0 Å². The fourth-order valence-electron chi connectivity index (χ4n) is 2.98. The Hall–Kier alpha value is -2.47. The van der Waals surface area contributed by atoms with Gasteiger partial charge in [-0.2, -0.15) is 0 Å². The van der Waals surface area contributed by atoms with Gasteiger partial charge in [0.1, 0.15) is 11.3 Å². The number of carbonyl (C=O) groups is 1. The summed E-state index contributed by atoms with van der Waals surface area (Å²) < 4.78 is 5.45. The number of carbonyl (C=O) groups excluding carboxylic acids is 1. The molecule has 1 aliphatic rings. The summed E-state index contributed by atoms with van der Waals surface area (Å²) in [5.74, 6) is 0.368. The molecule has 1 fully saturated rings. The minimum Gasteiger partial charge on any atom is -0.427 e. The molecule has 3 heterocycles. The predicted octanol–water partition coefficient (Wildman–Crippen LogP) is 2.37. The van der Waals surface area contributed by atoms with E-state index in [0.717, 1.165) is 31.5 Å². The Kier molecular flexibility index (Phi) is 4.76. The number of rotatable bonds is 3. The number of piperidine rings is 1. The smallest absolute Gasteiger partial charge is 0.349 e. The summed E-state index contributed by atoms with van der Waals surface area (Å²) in [6.45, 7) is 5.42. The first-order valence-electron chi connectivity index (χ1n) is 8.13. The molecule has 24 heavy (non-hydrogen) atoms. The van der Waals surface area contributed by atoms with E-state index in [4.69, 9.17) is 4.42 Å². The molecule has 1 unspecified atom stereocenters. The van der Waals surface area contributed by atoms with Gasteiger partial charge in [-0.05, 0) is 56.5 Å². The minimum atomic E-state index is -0.588. The van der Waals surface area contributed by atoms with Crippen molar-refractivity contribution < 1.29 is 9.21 Å². The summed E-state index contributed by atoms with van der Waals surface area (Å²) >= 11 is 0. The second-order valence-corrected chi connectivity index (χ2v) is 6.18. The van der Waals surface area contributed by atoms with Crippen molar-refractivity contribution in [2.24, 2.45) is 0 Å². The lowest BCUT2D eigenvalue weighted by atomic mass is 9.95. The van der Waals surface area contributed by atoms with E-state index >= 15 is 0 Å². The molecule has 2 aromatic heterocycles. The van der Waals surface area contributed by atoms with E-state index in [1.165, 1.54) is 0 Å². The van der Waals surface area contributed by atoms with Crippen molar-refractivity contribution in [2.75, 3.05) is 18.4 Å². The van der Waals surface area contributed by atoms with E-state index in [1.54, 1.807) is 25.4 Å². The molecule has 1 amide bonds. The molecule has 0 spiro atoms. The van der Waals surface area contributed by atoms with Gasteiger partial charge in [-0.25, -0.2) is 4.79 Å². The Labute approximate surface area is 140 Å². The molecule has 2 aromatic rings. The highest BCUT2D eigenvalue weighted by molar-refractivity contribution is 6.05. The van der Waals surface area contributed by atoms with E-state index in [2.05, 4.69) is 15.6 Å². The zero-order valence-electron chi connectivity index (χ0n) is 13.9. The van der Waals surface area contributed by atoms with Gasteiger partial charge in [0, 0.05) is 18.7 Å². The van der Waals surface area contributed by atoms with Crippen LogP contribution in [-0.2, 0) is 0 Å². The number of hydrogen-bond donors (Lipinski definition) is 2. The summed E-state index contributed by atoms with van der Waals surface area (Å²) in [5, 5.41) is 6.03. The topological polar surface area (TPSA) is 84.2 Å². The van der Waals surface area contributed by atoms with Gasteiger partial charge in [-0.3, -0.25) is 9.78 Å². The number of anilines is 1. The van der Waals surface area contributed by atoms with Crippen molar-refractivity contribution in [2.45, 2.75) is 32.6 Å². The Morgan fingerprint density at radius 1 is 1.38 bits per heavy atom. The van der Waals surface area contributed by atoms with Crippen LogP contribution >= 0.6 is 0 Å². The van der Waals surface area contributed by atoms with Gasteiger partial charge >= 0.3 is 5.63 Å². The van der Waals surface area contributed by atoms with Crippen LogP contribution in [0, 0.1) is 13.8 Å². The largest absolute Gasteiger partial charge is 0.427 e. The Balaban J connectivity index is 1.87. The van der Waals surface area contributed by atoms with Crippen molar-refractivity contribution in [1.82, 2.24) is 10.3 Å². The van der Waals surface area contributed by atoms with E-state index in [-0.39, 0.29) is 11.5 Å². The van der Waals surface area contributed by atoms with Crippen molar-refractivity contribution in [3.63, 3.8) is 0 Å². The molecule has 6 heteroatoms. The number of nitrogens with one attached hydrogen (secondary N) is 2. The SMILES string of the molecule is Cc1ccncc1NC(=O)c1c(C)cc(C2CCCNC2)oc1=O. The highest BCUT2D eigenvalue weighted by atomic mass is 16.4. The van der Waals surface area contributed by atoms with E-state index < -0.39 is 11.5 Å². The predicted molar refractivity (Wildman–Crippen MR) is 91.5 cm³/mol. The average Bonchev–Trinajstić information content (AvgIpc) is 2.57. The summed E-state index contributed by atoms with van der Waals surface area (Å²) in [4.78, 5) is 28.8. The molecular formula is C18H21N3O3. The van der Waals surface area contributed by atoms with Crippen molar-refractivity contribution in [1.29, 1.82) is 0 Å². The number of nitrogens with zero attached hydrogens (tertiary/aromatic N) is 1. The lowest BCUT2D eigenvalue weighted by Gasteiger charge is -2.22. The third kappa shape index (κ3) is 3.38. The number of amides is 1. The third-order valence-corrected chi connectivity index (χ3v) is 4.38. The molecule has 1 atom stereocenters. The first-order chi connectivity index (χ1) is 11.6. The van der Waals surface area contributed by atoms with Crippen LogP contribution in [0.4, 0.5) is 5.69 Å². The van der Waals surface area contributed by atoms with Crippen molar-refractivity contribution >= 4 is 11.6 Å². The van der Waals surface area contributed by atoms with Crippen LogP contribution in [0.2, 0.25) is 0 Å². The average molecular weight is 327 g/mol. The Morgan fingerprint density at radius 3 is 2.88 bits per heavy atom. The fraction of sp³-hybridized carbons (Fsp3) is 0.389. The van der Waals surface area contributed by atoms with Gasteiger partial charge < -0.3 is 15.1 Å². The first kappa shape index (κ1) is 16.4. The van der Waals surface area contributed by atoms with Crippen LogP contribution in [0.25, 0.3) is 0 Å². The molecule has 0 saturated carbocycles. The van der Waals surface area contributed by atoms with Crippen LogP contribution < -0.4 is 16.3 Å². The van der Waals surface area contributed by atoms with Crippen LogP contribution in [0.15, 0.2) is 33.7 Å². The molecule has 1 saturated heterocycles. The molecule has 6 nitrogen and oxygen atoms in total. The van der Waals surface area contributed by atoms with Gasteiger partial charge in [-0.15, -0.1) is 0 Å². The number of aromatic nitrogens is 1. The second kappa shape index (κ2) is 6.97. The third-order valence-electron chi connectivity index (χ3n) is 4.38. The van der Waals surface area contributed by atoms with Crippen LogP contribution in [0.5, 0.6) is 0 Å². The summed E-state index contributed by atoms with van der Waals surface area (Å²) in [6.07, 6.45) is 5.25. The first-order valence-corrected chi connectivity index (χ1v) is 8.13. The molecule has 0 radical (unpaired) electrons. The maximum absolute atomic E-state index is 12.5. The Morgan fingerprint density at radius 2 is 2.21 bits per heavy atom. The fourth-order valence-corrected chi connectivity index (χ4v) is 2.98. The maximum Gasteiger partial charge on any atom is 0.349 e. The highest BCUT2D eigenvalue weighted by Gasteiger charge is 2.22.